The first-order chi connectivity index (χ1) is 9.79. The summed E-state index contributed by atoms with van der Waals surface area (Å²) in [6, 6.07) is 4.80. The standard InChI is InChI=1S/C17H22ClFO2/c1-9-12-7-11(8-15(9)20)17(2,3)21-16(12)10-4-5-14(19)13(18)6-10/h4-6,9,11-12,15-16,20H,7-8H2,1-3H3/t9-,11-,12+,15-,16-/m0/s1. The number of aliphatic hydroxyl groups excluding tert-OH is 1. The molecule has 2 aliphatic rings. The van der Waals surface area contributed by atoms with Crippen LogP contribution in [0, 0.1) is 23.6 Å². The highest BCUT2D eigenvalue weighted by Crippen LogP contribution is 2.53. The maximum absolute atomic E-state index is 13.4. The maximum atomic E-state index is 13.4. The van der Waals surface area contributed by atoms with Gasteiger partial charge in [0.05, 0.1) is 22.8 Å². The number of benzene rings is 1. The third kappa shape index (κ3) is 2.60. The van der Waals surface area contributed by atoms with Crippen LogP contribution in [0.15, 0.2) is 18.2 Å². The van der Waals surface area contributed by atoms with Gasteiger partial charge < -0.3 is 9.84 Å². The Labute approximate surface area is 130 Å². The Morgan fingerprint density at radius 2 is 2.05 bits per heavy atom. The number of rotatable bonds is 1. The van der Waals surface area contributed by atoms with E-state index in [1.54, 1.807) is 12.1 Å². The molecule has 1 aromatic rings. The van der Waals surface area contributed by atoms with E-state index in [2.05, 4.69) is 20.8 Å². The molecule has 5 atom stereocenters. The first-order valence-electron chi connectivity index (χ1n) is 7.60. The topological polar surface area (TPSA) is 29.5 Å². The summed E-state index contributed by atoms with van der Waals surface area (Å²) in [5, 5.41) is 10.5. The van der Waals surface area contributed by atoms with Gasteiger partial charge in [0, 0.05) is 0 Å². The van der Waals surface area contributed by atoms with Crippen LogP contribution in [0.3, 0.4) is 0 Å². The van der Waals surface area contributed by atoms with Crippen molar-refractivity contribution in [1.29, 1.82) is 0 Å². The number of ether oxygens (including phenoxy) is 1. The molecule has 4 heteroatoms. The van der Waals surface area contributed by atoms with E-state index >= 15 is 0 Å². The summed E-state index contributed by atoms with van der Waals surface area (Å²) in [4.78, 5) is 0. The van der Waals surface area contributed by atoms with Crippen molar-refractivity contribution in [3.63, 3.8) is 0 Å². The smallest absolute Gasteiger partial charge is 0.141 e. The summed E-state index contributed by atoms with van der Waals surface area (Å²) in [5.74, 6) is 0.366. The van der Waals surface area contributed by atoms with Gasteiger partial charge in [-0.25, -0.2) is 4.39 Å². The van der Waals surface area contributed by atoms with Crippen molar-refractivity contribution in [1.82, 2.24) is 0 Å². The zero-order valence-corrected chi connectivity index (χ0v) is 13.4. The molecule has 1 saturated carbocycles. The maximum Gasteiger partial charge on any atom is 0.141 e. The molecule has 116 valence electrons. The Hall–Kier alpha value is -0.640. The Balaban J connectivity index is 1.98. The number of hydrogen-bond donors (Lipinski definition) is 1. The molecule has 2 fully saturated rings. The highest BCUT2D eigenvalue weighted by Gasteiger charge is 2.50. The van der Waals surface area contributed by atoms with Gasteiger partial charge in [-0.1, -0.05) is 24.6 Å². The molecule has 1 aliphatic heterocycles. The van der Waals surface area contributed by atoms with Crippen LogP contribution >= 0.6 is 11.6 Å². The minimum atomic E-state index is -0.412. The van der Waals surface area contributed by atoms with E-state index in [0.717, 1.165) is 18.4 Å². The fourth-order valence-electron chi connectivity index (χ4n) is 3.91. The van der Waals surface area contributed by atoms with E-state index in [9.17, 15) is 9.50 Å². The van der Waals surface area contributed by atoms with Gasteiger partial charge in [0.2, 0.25) is 0 Å². The van der Waals surface area contributed by atoms with Gasteiger partial charge in [-0.15, -0.1) is 0 Å². The summed E-state index contributed by atoms with van der Waals surface area (Å²) in [6.45, 7) is 6.23. The summed E-state index contributed by atoms with van der Waals surface area (Å²) in [6.07, 6.45) is 1.39. The average Bonchev–Trinajstić information content (AvgIpc) is 2.42. The third-order valence-corrected chi connectivity index (χ3v) is 5.73. The van der Waals surface area contributed by atoms with Gasteiger partial charge in [0.15, 0.2) is 0 Å². The lowest BCUT2D eigenvalue weighted by Gasteiger charge is -2.53. The number of halogens is 2. The molecule has 0 spiro atoms. The van der Waals surface area contributed by atoms with Crippen molar-refractivity contribution < 1.29 is 14.2 Å². The number of fused-ring (bicyclic) bond motifs is 2. The Kier molecular flexibility index (Phi) is 3.79. The van der Waals surface area contributed by atoms with Crippen LogP contribution < -0.4 is 0 Å². The van der Waals surface area contributed by atoms with Gasteiger partial charge in [-0.2, -0.15) is 0 Å². The molecule has 2 nitrogen and oxygen atoms in total. The van der Waals surface area contributed by atoms with E-state index in [1.807, 2.05) is 0 Å². The monoisotopic (exact) mass is 312 g/mol. The van der Waals surface area contributed by atoms with E-state index in [-0.39, 0.29) is 34.7 Å². The van der Waals surface area contributed by atoms with E-state index < -0.39 is 5.82 Å². The number of hydrogen-bond acceptors (Lipinski definition) is 2. The fraction of sp³-hybridized carbons (Fsp3) is 0.647. The second-order valence-electron chi connectivity index (χ2n) is 7.07. The van der Waals surface area contributed by atoms with Crippen molar-refractivity contribution in [2.45, 2.75) is 51.4 Å². The highest BCUT2D eigenvalue weighted by atomic mass is 35.5. The van der Waals surface area contributed by atoms with Gasteiger partial charge in [0.25, 0.3) is 0 Å². The quantitative estimate of drug-likeness (QED) is 0.835. The van der Waals surface area contributed by atoms with Crippen LogP contribution in [0.1, 0.15) is 45.3 Å². The van der Waals surface area contributed by atoms with Gasteiger partial charge in [-0.05, 0) is 62.1 Å². The van der Waals surface area contributed by atoms with E-state index in [4.69, 9.17) is 16.3 Å². The summed E-state index contributed by atoms with van der Waals surface area (Å²) < 4.78 is 19.7. The molecule has 1 saturated heterocycles. The molecule has 0 amide bonds. The van der Waals surface area contributed by atoms with Crippen molar-refractivity contribution in [2.75, 3.05) is 0 Å². The number of aliphatic hydroxyl groups is 1. The molecule has 0 radical (unpaired) electrons. The van der Waals surface area contributed by atoms with Crippen LogP contribution in [-0.2, 0) is 4.74 Å². The van der Waals surface area contributed by atoms with E-state index in [0.29, 0.717) is 5.92 Å². The largest absolute Gasteiger partial charge is 0.393 e. The van der Waals surface area contributed by atoms with Crippen molar-refractivity contribution in [2.24, 2.45) is 17.8 Å². The van der Waals surface area contributed by atoms with Crippen LogP contribution in [0.25, 0.3) is 0 Å². The summed E-state index contributed by atoms with van der Waals surface area (Å²) in [7, 11) is 0. The first kappa shape index (κ1) is 15.3. The second kappa shape index (κ2) is 5.22. The molecular weight excluding hydrogens is 291 g/mol. The van der Waals surface area contributed by atoms with Crippen LogP contribution in [-0.4, -0.2) is 16.8 Å². The SMILES string of the molecule is C[C@H]1[C@H]2C[C@@H](C[C@@H]1O)C(C)(C)O[C@H]2c1ccc(F)c(Cl)c1. The molecule has 1 N–H and O–H groups in total. The van der Waals surface area contributed by atoms with Gasteiger partial charge in [-0.3, -0.25) is 0 Å². The average molecular weight is 313 g/mol. The first-order valence-corrected chi connectivity index (χ1v) is 7.98. The summed E-state index contributed by atoms with van der Waals surface area (Å²) >= 11 is 5.92. The minimum Gasteiger partial charge on any atom is -0.393 e. The lowest BCUT2D eigenvalue weighted by Crippen LogP contribution is -2.52. The van der Waals surface area contributed by atoms with Gasteiger partial charge in [0.1, 0.15) is 5.82 Å². The molecule has 1 heterocycles. The predicted octanol–water partition coefficient (Wildman–Crippen LogP) is 4.35. The van der Waals surface area contributed by atoms with Crippen molar-refractivity contribution in [3.05, 3.63) is 34.6 Å². The molecular formula is C17H22ClFO2. The van der Waals surface area contributed by atoms with Crippen molar-refractivity contribution >= 4 is 11.6 Å². The zero-order valence-electron chi connectivity index (χ0n) is 12.6. The normalized spacial score (nSPS) is 38.3. The van der Waals surface area contributed by atoms with Crippen LogP contribution in [0.4, 0.5) is 4.39 Å². The lowest BCUT2D eigenvalue weighted by molar-refractivity contribution is -0.215. The fourth-order valence-corrected chi connectivity index (χ4v) is 4.10. The minimum absolute atomic E-state index is 0.125. The Morgan fingerprint density at radius 3 is 2.71 bits per heavy atom. The van der Waals surface area contributed by atoms with Crippen LogP contribution in [0.2, 0.25) is 5.02 Å². The Bertz CT molecular complexity index is 546. The molecule has 3 rings (SSSR count). The Morgan fingerprint density at radius 1 is 1.33 bits per heavy atom. The molecule has 1 aromatic carbocycles. The van der Waals surface area contributed by atoms with Crippen LogP contribution in [0.5, 0.6) is 0 Å². The van der Waals surface area contributed by atoms with E-state index in [1.165, 1.54) is 6.07 Å². The third-order valence-electron chi connectivity index (χ3n) is 5.44. The molecule has 1 aliphatic carbocycles. The summed E-state index contributed by atoms with van der Waals surface area (Å²) in [5.41, 5.74) is 0.613. The molecule has 0 unspecified atom stereocenters. The van der Waals surface area contributed by atoms with Gasteiger partial charge >= 0.3 is 0 Å². The van der Waals surface area contributed by atoms with Crippen molar-refractivity contribution in [3.8, 4) is 0 Å². The second-order valence-corrected chi connectivity index (χ2v) is 7.48. The predicted molar refractivity (Wildman–Crippen MR) is 80.7 cm³/mol. The molecule has 21 heavy (non-hydrogen) atoms. The molecule has 0 aromatic heterocycles. The highest BCUT2D eigenvalue weighted by molar-refractivity contribution is 6.30. The lowest BCUT2D eigenvalue weighted by atomic mass is 9.63. The zero-order chi connectivity index (χ0) is 15.4. The molecule has 2 bridgehead atoms.